The number of carboxylic acid groups (broad SMARTS) is 1. The molecule has 1 aliphatic carbocycles. The number of anilines is 2. The predicted molar refractivity (Wildman–Crippen MR) is 228 cm³/mol. The van der Waals surface area contributed by atoms with Crippen LogP contribution in [0.4, 0.5) is 25.4 Å². The summed E-state index contributed by atoms with van der Waals surface area (Å²) in [6.45, 7) is 5.37. The summed E-state index contributed by atoms with van der Waals surface area (Å²) in [5.41, 5.74) is 5.76. The van der Waals surface area contributed by atoms with E-state index in [9.17, 15) is 38.7 Å². The number of hydrogen-bond donors (Lipinski definition) is 4. The van der Waals surface area contributed by atoms with Gasteiger partial charge in [-0.15, -0.1) is 0 Å². The first-order valence-corrected chi connectivity index (χ1v) is 21.4. The zero-order valence-electron chi connectivity index (χ0n) is 34.2. The second kappa shape index (κ2) is 19.5. The summed E-state index contributed by atoms with van der Waals surface area (Å²) in [4.78, 5) is 93.0. The zero-order chi connectivity index (χ0) is 43.8. The van der Waals surface area contributed by atoms with E-state index >= 15 is 4.39 Å². The fourth-order valence-electron chi connectivity index (χ4n) is 8.05. The number of thiophene rings is 1. The molecule has 2 aliphatic rings. The predicted octanol–water partition coefficient (Wildman–Crippen LogP) is 6.27. The molecule has 2 aromatic carbocycles. The van der Waals surface area contributed by atoms with Gasteiger partial charge in [0.15, 0.2) is 0 Å². The number of hydrogen-bond acceptors (Lipinski definition) is 10. The van der Waals surface area contributed by atoms with Crippen LogP contribution in [-0.4, -0.2) is 82.9 Å². The molecule has 5 N–H and O–H groups in total. The number of halogens is 1. The third-order valence-electron chi connectivity index (χ3n) is 11.9. The number of carboxylic acids is 1. The number of urea groups is 1. The molecular formula is C44H51FN6O9S. The molecule has 61 heavy (non-hydrogen) atoms. The van der Waals surface area contributed by atoms with E-state index in [0.717, 1.165) is 18.1 Å². The van der Waals surface area contributed by atoms with Crippen LogP contribution in [0, 0.1) is 17.2 Å². The van der Waals surface area contributed by atoms with Gasteiger partial charge >= 0.3 is 18.1 Å². The van der Waals surface area contributed by atoms with Crippen molar-refractivity contribution < 1.29 is 43.0 Å². The van der Waals surface area contributed by atoms with Gasteiger partial charge in [-0.05, 0) is 90.7 Å². The minimum atomic E-state index is -1.38. The third-order valence-corrected chi connectivity index (χ3v) is 12.6. The zero-order valence-corrected chi connectivity index (χ0v) is 35.1. The summed E-state index contributed by atoms with van der Waals surface area (Å²) in [6, 6.07) is 10.6. The second-order valence-electron chi connectivity index (χ2n) is 15.8. The SMILES string of the molecule is CCn1cc(C(=O)O)c(=O)c2cc(F)c(N3CCN(C(=O)OCc4ccc(NC(=O)[C@H](CCCNC(N)=O)CC(=O)C5(C(=O)C[C@H](C)c6ccsc6)CCC5)cc4)CC3)cc21. The summed E-state index contributed by atoms with van der Waals surface area (Å²) in [7, 11) is 0. The number of pyridine rings is 1. The Morgan fingerprint density at radius 2 is 1.70 bits per heavy atom. The number of nitrogens with two attached hydrogens (primary N) is 1. The number of benzene rings is 2. The second-order valence-corrected chi connectivity index (χ2v) is 16.6. The number of aryl methyl sites for hydroxylation is 1. The van der Waals surface area contributed by atoms with E-state index in [1.165, 1.54) is 17.2 Å². The monoisotopic (exact) mass is 858 g/mol. The molecule has 1 saturated heterocycles. The smallest absolute Gasteiger partial charge is 0.410 e. The van der Waals surface area contributed by atoms with Gasteiger partial charge in [-0.25, -0.2) is 18.8 Å². The van der Waals surface area contributed by atoms with Crippen molar-refractivity contribution in [1.29, 1.82) is 0 Å². The van der Waals surface area contributed by atoms with E-state index in [0.29, 0.717) is 42.6 Å². The molecule has 324 valence electrons. The molecular weight excluding hydrogens is 808 g/mol. The number of ether oxygens (including phenoxy) is 1. The number of carbonyl (C=O) groups excluding carboxylic acids is 5. The average Bonchev–Trinajstić information content (AvgIpc) is 3.77. The summed E-state index contributed by atoms with van der Waals surface area (Å²) < 4.78 is 22.5. The van der Waals surface area contributed by atoms with Crippen LogP contribution in [0.15, 0.2) is 64.2 Å². The molecule has 6 rings (SSSR count). The largest absolute Gasteiger partial charge is 0.477 e. The van der Waals surface area contributed by atoms with Crippen LogP contribution in [-0.2, 0) is 32.3 Å². The first kappa shape index (κ1) is 44.5. The van der Waals surface area contributed by atoms with Gasteiger partial charge in [0.2, 0.25) is 11.3 Å². The average molecular weight is 859 g/mol. The van der Waals surface area contributed by atoms with Crippen LogP contribution in [0.1, 0.15) is 86.2 Å². The van der Waals surface area contributed by atoms with Crippen molar-refractivity contribution in [2.45, 2.75) is 77.9 Å². The van der Waals surface area contributed by atoms with Crippen molar-refractivity contribution >= 4 is 69.2 Å². The molecule has 3 heterocycles. The highest BCUT2D eigenvalue weighted by Gasteiger charge is 2.50. The number of rotatable bonds is 18. The lowest BCUT2D eigenvalue weighted by Gasteiger charge is -2.40. The molecule has 1 saturated carbocycles. The Hall–Kier alpha value is -6.10. The highest BCUT2D eigenvalue weighted by molar-refractivity contribution is 7.08. The van der Waals surface area contributed by atoms with Gasteiger partial charge in [0.05, 0.1) is 16.6 Å². The van der Waals surface area contributed by atoms with Crippen LogP contribution >= 0.6 is 11.3 Å². The van der Waals surface area contributed by atoms with Gasteiger partial charge in [-0.2, -0.15) is 11.3 Å². The minimum absolute atomic E-state index is 0.0232. The van der Waals surface area contributed by atoms with E-state index in [2.05, 4.69) is 10.6 Å². The molecule has 0 unspecified atom stereocenters. The summed E-state index contributed by atoms with van der Waals surface area (Å²) in [6.07, 6.45) is 3.21. The summed E-state index contributed by atoms with van der Waals surface area (Å²) >= 11 is 1.56. The number of ketones is 2. The van der Waals surface area contributed by atoms with Gasteiger partial charge in [0, 0.05) is 75.3 Å². The maximum Gasteiger partial charge on any atom is 0.410 e. The van der Waals surface area contributed by atoms with Crippen molar-refractivity contribution in [3.63, 3.8) is 0 Å². The fourth-order valence-corrected chi connectivity index (χ4v) is 8.83. The van der Waals surface area contributed by atoms with Gasteiger partial charge in [-0.1, -0.05) is 25.5 Å². The number of aromatic carboxylic acids is 1. The Balaban J connectivity index is 1.02. The fraction of sp³-hybridized carbons (Fsp3) is 0.432. The minimum Gasteiger partial charge on any atom is -0.477 e. The molecule has 4 amide bonds. The van der Waals surface area contributed by atoms with Crippen LogP contribution in [0.2, 0.25) is 0 Å². The Labute approximate surface area is 356 Å². The molecule has 17 heteroatoms. The number of Topliss-reactive ketones (excluding diaryl/α,β-unsaturated/α-hetero) is 2. The van der Waals surface area contributed by atoms with E-state index in [4.69, 9.17) is 10.5 Å². The van der Waals surface area contributed by atoms with Gasteiger partial charge in [0.25, 0.3) is 0 Å². The van der Waals surface area contributed by atoms with E-state index in [1.807, 2.05) is 23.8 Å². The third kappa shape index (κ3) is 10.3. The molecule has 2 aromatic heterocycles. The lowest BCUT2D eigenvalue weighted by Crippen LogP contribution is -2.49. The molecule has 0 spiro atoms. The number of carbonyl (C=O) groups is 6. The van der Waals surface area contributed by atoms with E-state index in [1.54, 1.807) is 52.0 Å². The highest BCUT2D eigenvalue weighted by atomic mass is 32.1. The number of amides is 4. The number of nitrogens with one attached hydrogen (secondary N) is 2. The van der Waals surface area contributed by atoms with Crippen LogP contribution in [0.5, 0.6) is 0 Å². The number of nitrogens with zero attached hydrogens (tertiary/aromatic N) is 3. The van der Waals surface area contributed by atoms with Gasteiger partial charge in [0.1, 0.15) is 29.6 Å². The topological polar surface area (TPSA) is 210 Å². The number of piperazine rings is 1. The van der Waals surface area contributed by atoms with Gasteiger partial charge < -0.3 is 40.6 Å². The normalized spacial score (nSPS) is 15.7. The number of primary amides is 1. The Morgan fingerprint density at radius 3 is 2.31 bits per heavy atom. The molecule has 2 fully saturated rings. The lowest BCUT2D eigenvalue weighted by molar-refractivity contribution is -0.148. The lowest BCUT2D eigenvalue weighted by atomic mass is 9.60. The molecule has 15 nitrogen and oxygen atoms in total. The summed E-state index contributed by atoms with van der Waals surface area (Å²) in [5.74, 6) is -3.55. The van der Waals surface area contributed by atoms with Gasteiger partial charge in [-0.3, -0.25) is 19.2 Å². The molecule has 4 aromatic rings. The molecule has 0 radical (unpaired) electrons. The van der Waals surface area contributed by atoms with Crippen molar-refractivity contribution in [2.75, 3.05) is 42.9 Å². The van der Waals surface area contributed by atoms with Crippen LogP contribution in [0.3, 0.4) is 0 Å². The van der Waals surface area contributed by atoms with Crippen molar-refractivity contribution in [1.82, 2.24) is 14.8 Å². The maximum atomic E-state index is 15.3. The van der Waals surface area contributed by atoms with Crippen LogP contribution < -0.4 is 26.7 Å². The molecule has 1 aliphatic heterocycles. The summed E-state index contributed by atoms with van der Waals surface area (Å²) in [5, 5.41) is 18.8. The van der Waals surface area contributed by atoms with E-state index in [-0.39, 0.29) is 87.2 Å². The molecule has 2 atom stereocenters. The Bertz CT molecular complexity index is 2340. The van der Waals surface area contributed by atoms with Crippen molar-refractivity contribution in [2.24, 2.45) is 17.1 Å². The quantitative estimate of drug-likeness (QED) is 0.0651. The number of aromatic nitrogens is 1. The number of fused-ring (bicyclic) bond motifs is 1. The Morgan fingerprint density at radius 1 is 1.00 bits per heavy atom. The first-order valence-electron chi connectivity index (χ1n) is 20.5. The van der Waals surface area contributed by atoms with Crippen molar-refractivity contribution in [3.8, 4) is 0 Å². The highest BCUT2D eigenvalue weighted by Crippen LogP contribution is 2.46. The first-order chi connectivity index (χ1) is 29.2. The Kier molecular flexibility index (Phi) is 14.2. The molecule has 0 bridgehead atoms. The standard InChI is InChI=1S/C44H51FN6O9S/c1-3-49-24-33(41(56)57)39(54)32-22-34(45)36(23-35(32)49)50-15-17-51(18-16-50)43(59)60-25-28-7-9-31(10-8-28)48-40(55)29(6-4-14-47-42(46)58)21-38(53)44(12-5-13-44)37(52)20-27(2)30-11-19-61-26-30/h7-11,19,22-24,26-27,29H,3-6,12-18,20-21,25H2,1-2H3,(H,48,55)(H,56,57)(H3,46,47,58)/t27-,29+/m0/s1. The maximum absolute atomic E-state index is 15.3. The van der Waals surface area contributed by atoms with Crippen LogP contribution in [0.25, 0.3) is 10.9 Å². The van der Waals surface area contributed by atoms with E-state index < -0.39 is 52.1 Å². The van der Waals surface area contributed by atoms with Crippen molar-refractivity contribution in [3.05, 3.63) is 92.2 Å².